The molecule has 0 radical (unpaired) electrons. The van der Waals surface area contributed by atoms with E-state index in [1.807, 2.05) is 0 Å². The van der Waals surface area contributed by atoms with Crippen LogP contribution in [-0.2, 0) is 24.0 Å². The van der Waals surface area contributed by atoms with Crippen molar-refractivity contribution in [2.75, 3.05) is 13.2 Å². The Bertz CT molecular complexity index is 660. The van der Waals surface area contributed by atoms with Crippen molar-refractivity contribution in [3.05, 3.63) is 0 Å². The van der Waals surface area contributed by atoms with Crippen molar-refractivity contribution in [3.8, 4) is 0 Å². The summed E-state index contributed by atoms with van der Waals surface area (Å²) in [5.74, 6) is -5.16. The normalized spacial score (nSPS) is 15.5. The first kappa shape index (κ1) is 29.2. The molecule has 5 unspecified atom stereocenters. The predicted molar refractivity (Wildman–Crippen MR) is 115 cm³/mol. The molecule has 13 nitrogen and oxygen atoms in total. The predicted octanol–water partition coefficient (Wildman–Crippen LogP) is -3.10. The van der Waals surface area contributed by atoms with Crippen LogP contribution in [0.3, 0.4) is 0 Å². The molecule has 5 atom stereocenters. The number of carboxylic acids is 1. The van der Waals surface area contributed by atoms with Gasteiger partial charge in [0.05, 0.1) is 19.1 Å². The average Bonchev–Trinajstić information content (AvgIpc) is 2.73. The van der Waals surface area contributed by atoms with Crippen molar-refractivity contribution in [1.82, 2.24) is 16.0 Å². The van der Waals surface area contributed by atoms with Crippen LogP contribution in [0.5, 0.6) is 0 Å². The van der Waals surface area contributed by atoms with Crippen LogP contribution in [-0.4, -0.2) is 77.1 Å². The standard InChI is InChI=1S/C19H36N6O7/c1-3-10(2)15(19(31)32)25-18(30)13(9-26)24-17(29)12(8-14(22)27)23-16(28)11(21)6-4-5-7-20/h10-13,15,26H,3-9,20-21H2,1-2H3,(H2,22,27)(H,23,28)(H,24,29)(H,25,30)(H,31,32). The van der Waals surface area contributed by atoms with Gasteiger partial charge in [-0.3, -0.25) is 19.2 Å². The minimum atomic E-state index is -1.51. The van der Waals surface area contributed by atoms with Crippen molar-refractivity contribution >= 4 is 29.6 Å². The molecule has 0 aromatic rings. The maximum Gasteiger partial charge on any atom is 0.326 e. The molecule has 0 aromatic heterocycles. The van der Waals surface area contributed by atoms with Gasteiger partial charge in [0, 0.05) is 0 Å². The minimum absolute atomic E-state index is 0.307. The molecular weight excluding hydrogens is 424 g/mol. The zero-order valence-corrected chi connectivity index (χ0v) is 18.5. The number of carbonyl (C=O) groups is 5. The van der Waals surface area contributed by atoms with Crippen molar-refractivity contribution in [2.45, 2.75) is 70.1 Å². The molecule has 0 rings (SSSR count). The van der Waals surface area contributed by atoms with Crippen LogP contribution in [0.2, 0.25) is 0 Å². The van der Waals surface area contributed by atoms with E-state index >= 15 is 0 Å². The SMILES string of the molecule is CCC(C)C(NC(=O)C(CO)NC(=O)C(CC(N)=O)NC(=O)C(N)CCCCN)C(=O)O. The third-order valence-electron chi connectivity index (χ3n) is 4.94. The maximum absolute atomic E-state index is 12.6. The van der Waals surface area contributed by atoms with Crippen LogP contribution in [0.15, 0.2) is 0 Å². The number of hydrogen-bond donors (Lipinski definition) is 8. The van der Waals surface area contributed by atoms with Gasteiger partial charge in [0.2, 0.25) is 23.6 Å². The number of rotatable bonds is 16. The number of nitrogens with one attached hydrogen (secondary N) is 3. The van der Waals surface area contributed by atoms with E-state index in [1.54, 1.807) is 13.8 Å². The number of aliphatic hydroxyl groups is 1. The molecule has 32 heavy (non-hydrogen) atoms. The lowest BCUT2D eigenvalue weighted by Crippen LogP contribution is -2.59. The van der Waals surface area contributed by atoms with Gasteiger partial charge in [0.25, 0.3) is 0 Å². The molecule has 0 aliphatic rings. The zero-order chi connectivity index (χ0) is 24.8. The Hall–Kier alpha value is -2.77. The molecule has 0 aliphatic heterocycles. The Labute approximate surface area is 186 Å². The Morgan fingerprint density at radius 3 is 1.97 bits per heavy atom. The van der Waals surface area contributed by atoms with Crippen molar-refractivity contribution in [1.29, 1.82) is 0 Å². The molecule has 0 aromatic carbocycles. The molecule has 0 bridgehead atoms. The molecule has 0 saturated carbocycles. The van der Waals surface area contributed by atoms with E-state index in [4.69, 9.17) is 17.2 Å². The van der Waals surface area contributed by atoms with Crippen molar-refractivity contribution < 1.29 is 34.2 Å². The average molecular weight is 461 g/mol. The summed E-state index contributed by atoms with van der Waals surface area (Å²) in [7, 11) is 0. The number of amides is 4. The van der Waals surface area contributed by atoms with E-state index in [9.17, 15) is 34.2 Å². The topological polar surface area (TPSA) is 240 Å². The highest BCUT2D eigenvalue weighted by molar-refractivity contribution is 5.96. The van der Waals surface area contributed by atoms with Gasteiger partial charge in [-0.05, 0) is 25.3 Å². The van der Waals surface area contributed by atoms with Gasteiger partial charge < -0.3 is 43.4 Å². The monoisotopic (exact) mass is 460 g/mol. The molecule has 0 saturated heterocycles. The second kappa shape index (κ2) is 15.1. The number of carbonyl (C=O) groups excluding carboxylic acids is 4. The summed E-state index contributed by atoms with van der Waals surface area (Å²) in [6.07, 6.45) is 1.45. The highest BCUT2D eigenvalue weighted by atomic mass is 16.4. The molecule has 0 aliphatic carbocycles. The summed E-state index contributed by atoms with van der Waals surface area (Å²) < 4.78 is 0. The highest BCUT2D eigenvalue weighted by Crippen LogP contribution is 2.08. The van der Waals surface area contributed by atoms with Crippen molar-refractivity contribution in [2.24, 2.45) is 23.1 Å². The number of aliphatic carboxylic acids is 1. The Kier molecular flexibility index (Phi) is 13.8. The first-order valence-electron chi connectivity index (χ1n) is 10.5. The van der Waals surface area contributed by atoms with E-state index in [0.29, 0.717) is 32.2 Å². The highest BCUT2D eigenvalue weighted by Gasteiger charge is 2.32. The smallest absolute Gasteiger partial charge is 0.326 e. The third kappa shape index (κ3) is 10.5. The summed E-state index contributed by atoms with van der Waals surface area (Å²) in [5.41, 5.74) is 16.3. The fourth-order valence-corrected chi connectivity index (χ4v) is 2.73. The first-order chi connectivity index (χ1) is 15.0. The number of nitrogens with two attached hydrogens (primary N) is 3. The zero-order valence-electron chi connectivity index (χ0n) is 18.5. The molecule has 0 heterocycles. The van der Waals surface area contributed by atoms with E-state index in [1.165, 1.54) is 0 Å². The lowest BCUT2D eigenvalue weighted by atomic mass is 9.99. The molecule has 0 spiro atoms. The quantitative estimate of drug-likeness (QED) is 0.109. The van der Waals surface area contributed by atoms with Crippen LogP contribution < -0.4 is 33.2 Å². The minimum Gasteiger partial charge on any atom is -0.480 e. The Morgan fingerprint density at radius 2 is 1.50 bits per heavy atom. The number of aliphatic hydroxyl groups excluding tert-OH is 1. The summed E-state index contributed by atoms with van der Waals surface area (Å²) in [4.78, 5) is 60.0. The lowest BCUT2D eigenvalue weighted by molar-refractivity contribution is -0.144. The van der Waals surface area contributed by atoms with Crippen LogP contribution in [0.1, 0.15) is 46.0 Å². The molecule has 0 fully saturated rings. The van der Waals surface area contributed by atoms with E-state index in [2.05, 4.69) is 16.0 Å². The second-order valence-electron chi connectivity index (χ2n) is 7.58. The summed E-state index contributed by atoms with van der Waals surface area (Å²) in [6.45, 7) is 2.96. The lowest BCUT2D eigenvalue weighted by Gasteiger charge is -2.25. The van der Waals surface area contributed by atoms with Gasteiger partial charge in [-0.15, -0.1) is 0 Å². The maximum atomic E-state index is 12.6. The second-order valence-corrected chi connectivity index (χ2v) is 7.58. The first-order valence-corrected chi connectivity index (χ1v) is 10.5. The van der Waals surface area contributed by atoms with Crippen molar-refractivity contribution in [3.63, 3.8) is 0 Å². The summed E-state index contributed by atoms with van der Waals surface area (Å²) in [6, 6.07) is -5.13. The molecule has 4 amide bonds. The van der Waals surface area contributed by atoms with Crippen LogP contribution in [0.25, 0.3) is 0 Å². The van der Waals surface area contributed by atoms with Gasteiger partial charge in [0.1, 0.15) is 18.1 Å². The van der Waals surface area contributed by atoms with Gasteiger partial charge >= 0.3 is 5.97 Å². The summed E-state index contributed by atoms with van der Waals surface area (Å²) in [5, 5.41) is 25.6. The number of hydrogen-bond acceptors (Lipinski definition) is 8. The van der Waals surface area contributed by atoms with E-state index in [-0.39, 0.29) is 0 Å². The molecule has 184 valence electrons. The van der Waals surface area contributed by atoms with Gasteiger partial charge in [-0.1, -0.05) is 26.7 Å². The van der Waals surface area contributed by atoms with Crippen LogP contribution >= 0.6 is 0 Å². The van der Waals surface area contributed by atoms with Crippen LogP contribution in [0, 0.1) is 5.92 Å². The molecular formula is C19H36N6O7. The number of primary amides is 1. The van der Waals surface area contributed by atoms with Gasteiger partial charge in [-0.25, -0.2) is 4.79 Å². The largest absolute Gasteiger partial charge is 0.480 e. The summed E-state index contributed by atoms with van der Waals surface area (Å²) >= 11 is 0. The molecule has 13 heteroatoms. The number of carboxylic acid groups (broad SMARTS) is 1. The fourth-order valence-electron chi connectivity index (χ4n) is 2.73. The Balaban J connectivity index is 5.22. The van der Waals surface area contributed by atoms with Crippen LogP contribution in [0.4, 0.5) is 0 Å². The van der Waals surface area contributed by atoms with Gasteiger partial charge in [-0.2, -0.15) is 0 Å². The van der Waals surface area contributed by atoms with E-state index in [0.717, 1.165) is 0 Å². The third-order valence-corrected chi connectivity index (χ3v) is 4.94. The number of unbranched alkanes of at least 4 members (excludes halogenated alkanes) is 1. The molecule has 11 N–H and O–H groups in total. The van der Waals surface area contributed by atoms with E-state index < -0.39 is 72.7 Å². The fraction of sp³-hybridized carbons (Fsp3) is 0.737. The Morgan fingerprint density at radius 1 is 0.938 bits per heavy atom. The van der Waals surface area contributed by atoms with Gasteiger partial charge in [0.15, 0.2) is 0 Å².